The molecule has 1 aliphatic heterocycles. The van der Waals surface area contributed by atoms with Crippen molar-refractivity contribution in [3.8, 4) is 11.6 Å². The number of aryl methyl sites for hydroxylation is 1. The molecule has 1 fully saturated rings. The van der Waals surface area contributed by atoms with Gasteiger partial charge in [0.25, 0.3) is 0 Å². The van der Waals surface area contributed by atoms with Crippen molar-refractivity contribution in [2.45, 2.75) is 19.8 Å². The number of hydrogen-bond acceptors (Lipinski definition) is 5. The van der Waals surface area contributed by atoms with Crippen molar-refractivity contribution in [2.75, 3.05) is 23.7 Å². The quantitative estimate of drug-likeness (QED) is 0.929. The van der Waals surface area contributed by atoms with E-state index in [1.54, 1.807) is 0 Å². The van der Waals surface area contributed by atoms with Gasteiger partial charge in [0, 0.05) is 13.1 Å². The van der Waals surface area contributed by atoms with Crippen LogP contribution in [0, 0.1) is 6.92 Å². The Hall–Kier alpha value is -2.30. The maximum Gasteiger partial charge on any atom is 0.248 e. The Balaban J connectivity index is 1.86. The van der Waals surface area contributed by atoms with Gasteiger partial charge in [0.05, 0.1) is 0 Å². The van der Waals surface area contributed by atoms with Crippen LogP contribution in [0.1, 0.15) is 18.4 Å². The van der Waals surface area contributed by atoms with E-state index in [9.17, 15) is 0 Å². The fourth-order valence-electron chi connectivity index (χ4n) is 2.35. The predicted molar refractivity (Wildman–Crippen MR) is 79.1 cm³/mol. The molecule has 0 atom stereocenters. The molecule has 104 valence electrons. The predicted octanol–water partition coefficient (Wildman–Crippen LogP) is 2.76. The van der Waals surface area contributed by atoms with E-state index in [4.69, 9.17) is 10.5 Å². The van der Waals surface area contributed by atoms with Crippen molar-refractivity contribution in [1.29, 1.82) is 0 Å². The smallest absolute Gasteiger partial charge is 0.248 e. The van der Waals surface area contributed by atoms with Gasteiger partial charge in [-0.3, -0.25) is 0 Å². The first-order chi connectivity index (χ1) is 9.74. The van der Waals surface area contributed by atoms with Gasteiger partial charge >= 0.3 is 0 Å². The summed E-state index contributed by atoms with van der Waals surface area (Å²) in [6.45, 7) is 4.02. The van der Waals surface area contributed by atoms with E-state index in [0.29, 0.717) is 11.6 Å². The van der Waals surface area contributed by atoms with Crippen molar-refractivity contribution in [2.24, 2.45) is 0 Å². The topological polar surface area (TPSA) is 64.3 Å². The zero-order valence-electron chi connectivity index (χ0n) is 11.5. The Labute approximate surface area is 118 Å². The molecule has 0 saturated carbocycles. The largest absolute Gasteiger partial charge is 0.437 e. The fourth-order valence-corrected chi connectivity index (χ4v) is 2.35. The summed E-state index contributed by atoms with van der Waals surface area (Å²) in [5, 5.41) is 0. The molecule has 0 amide bonds. The lowest BCUT2D eigenvalue weighted by Gasteiger charge is -2.19. The summed E-state index contributed by atoms with van der Waals surface area (Å²) in [7, 11) is 0. The molecule has 5 nitrogen and oxygen atoms in total. The maximum atomic E-state index is 6.15. The molecule has 5 heteroatoms. The molecule has 2 heterocycles. The fraction of sp³-hybridized carbons (Fsp3) is 0.333. The van der Waals surface area contributed by atoms with Crippen LogP contribution in [-0.4, -0.2) is 23.1 Å². The maximum absolute atomic E-state index is 6.15. The van der Waals surface area contributed by atoms with Gasteiger partial charge in [-0.05, 0) is 31.9 Å². The van der Waals surface area contributed by atoms with Crippen molar-refractivity contribution < 1.29 is 4.74 Å². The molecule has 0 bridgehead atoms. The van der Waals surface area contributed by atoms with E-state index in [1.807, 2.05) is 31.2 Å². The Morgan fingerprint density at radius 2 is 1.80 bits per heavy atom. The second kappa shape index (κ2) is 5.36. The highest BCUT2D eigenvalue weighted by molar-refractivity contribution is 5.68. The van der Waals surface area contributed by atoms with Crippen molar-refractivity contribution in [1.82, 2.24) is 9.97 Å². The van der Waals surface area contributed by atoms with Crippen molar-refractivity contribution in [3.63, 3.8) is 0 Å². The van der Waals surface area contributed by atoms with Gasteiger partial charge in [-0.2, -0.15) is 4.98 Å². The van der Waals surface area contributed by atoms with E-state index in [2.05, 4.69) is 14.9 Å². The standard InChI is InChI=1S/C15H18N4O/c1-11-4-6-12(7-5-11)20-15-13(16)14(17-10-18-15)19-8-2-3-9-19/h4-7,10H,2-3,8-9,16H2,1H3. The molecular weight excluding hydrogens is 252 g/mol. The molecule has 3 rings (SSSR count). The lowest BCUT2D eigenvalue weighted by Crippen LogP contribution is -2.20. The van der Waals surface area contributed by atoms with Crippen LogP contribution in [-0.2, 0) is 0 Å². The third-order valence-corrected chi connectivity index (χ3v) is 3.47. The number of nitrogens with two attached hydrogens (primary N) is 1. The van der Waals surface area contributed by atoms with Gasteiger partial charge < -0.3 is 15.4 Å². The van der Waals surface area contributed by atoms with Gasteiger partial charge in [0.1, 0.15) is 17.8 Å². The lowest BCUT2D eigenvalue weighted by atomic mass is 10.2. The Morgan fingerprint density at radius 3 is 2.50 bits per heavy atom. The summed E-state index contributed by atoms with van der Waals surface area (Å²) in [5.41, 5.74) is 7.84. The molecule has 1 saturated heterocycles. The molecule has 0 unspecified atom stereocenters. The molecule has 0 aliphatic carbocycles. The first-order valence-corrected chi connectivity index (χ1v) is 6.84. The van der Waals surface area contributed by atoms with Gasteiger partial charge in [0.2, 0.25) is 5.88 Å². The summed E-state index contributed by atoms with van der Waals surface area (Å²) in [5.74, 6) is 1.93. The van der Waals surface area contributed by atoms with Gasteiger partial charge in [-0.1, -0.05) is 17.7 Å². The van der Waals surface area contributed by atoms with Crippen LogP contribution < -0.4 is 15.4 Å². The minimum atomic E-state index is 0.422. The lowest BCUT2D eigenvalue weighted by molar-refractivity contribution is 0.464. The van der Waals surface area contributed by atoms with Crippen LogP contribution in [0.3, 0.4) is 0 Å². The Bertz CT molecular complexity index is 591. The molecular formula is C15H18N4O. The number of benzene rings is 1. The molecule has 1 aromatic carbocycles. The number of ether oxygens (including phenoxy) is 1. The van der Waals surface area contributed by atoms with Crippen LogP contribution in [0.25, 0.3) is 0 Å². The second-order valence-corrected chi connectivity index (χ2v) is 5.03. The third-order valence-electron chi connectivity index (χ3n) is 3.47. The Morgan fingerprint density at radius 1 is 1.10 bits per heavy atom. The highest BCUT2D eigenvalue weighted by Crippen LogP contribution is 2.32. The molecule has 2 N–H and O–H groups in total. The Kier molecular flexibility index (Phi) is 3.41. The van der Waals surface area contributed by atoms with Gasteiger partial charge in [-0.25, -0.2) is 4.98 Å². The monoisotopic (exact) mass is 270 g/mol. The van der Waals surface area contributed by atoms with E-state index in [-0.39, 0.29) is 0 Å². The summed E-state index contributed by atoms with van der Waals surface area (Å²) in [6.07, 6.45) is 3.86. The average Bonchev–Trinajstić information content (AvgIpc) is 2.97. The van der Waals surface area contributed by atoms with E-state index in [0.717, 1.165) is 24.7 Å². The summed E-state index contributed by atoms with van der Waals surface area (Å²) >= 11 is 0. The molecule has 0 radical (unpaired) electrons. The van der Waals surface area contributed by atoms with Crippen molar-refractivity contribution in [3.05, 3.63) is 36.2 Å². The zero-order chi connectivity index (χ0) is 13.9. The first-order valence-electron chi connectivity index (χ1n) is 6.84. The van der Waals surface area contributed by atoms with Crippen molar-refractivity contribution >= 4 is 11.5 Å². The number of nitrogen functional groups attached to an aromatic ring is 1. The summed E-state index contributed by atoms with van der Waals surface area (Å²) in [6, 6.07) is 7.81. The van der Waals surface area contributed by atoms with Gasteiger partial charge in [-0.15, -0.1) is 0 Å². The minimum absolute atomic E-state index is 0.422. The SMILES string of the molecule is Cc1ccc(Oc2ncnc(N3CCCC3)c2N)cc1. The van der Waals surface area contributed by atoms with E-state index in [1.165, 1.54) is 24.7 Å². The van der Waals surface area contributed by atoms with E-state index >= 15 is 0 Å². The van der Waals surface area contributed by atoms with Crippen LogP contribution >= 0.6 is 0 Å². The second-order valence-electron chi connectivity index (χ2n) is 5.03. The number of aromatic nitrogens is 2. The number of rotatable bonds is 3. The normalized spacial score (nSPS) is 14.6. The third kappa shape index (κ3) is 2.52. The number of nitrogens with zero attached hydrogens (tertiary/aromatic N) is 3. The number of hydrogen-bond donors (Lipinski definition) is 1. The average molecular weight is 270 g/mol. The highest BCUT2D eigenvalue weighted by Gasteiger charge is 2.19. The zero-order valence-corrected chi connectivity index (χ0v) is 11.5. The van der Waals surface area contributed by atoms with Crippen LogP contribution in [0.15, 0.2) is 30.6 Å². The first kappa shape index (κ1) is 12.7. The highest BCUT2D eigenvalue weighted by atomic mass is 16.5. The summed E-state index contributed by atoms with van der Waals surface area (Å²) < 4.78 is 5.76. The molecule has 20 heavy (non-hydrogen) atoms. The molecule has 1 aromatic heterocycles. The molecule has 0 spiro atoms. The van der Waals surface area contributed by atoms with Crippen LogP contribution in [0.2, 0.25) is 0 Å². The van der Waals surface area contributed by atoms with Crippen LogP contribution in [0.5, 0.6) is 11.6 Å². The number of anilines is 2. The van der Waals surface area contributed by atoms with Crippen LogP contribution in [0.4, 0.5) is 11.5 Å². The minimum Gasteiger partial charge on any atom is -0.437 e. The molecule has 2 aromatic rings. The van der Waals surface area contributed by atoms with Gasteiger partial charge in [0.15, 0.2) is 5.82 Å². The summed E-state index contributed by atoms with van der Waals surface area (Å²) in [4.78, 5) is 10.6. The van der Waals surface area contributed by atoms with E-state index < -0.39 is 0 Å². The molecule has 1 aliphatic rings.